The monoisotopic (exact) mass is 447 g/mol. The number of nitrogen functional groups attached to an aromatic ring is 1. The van der Waals surface area contributed by atoms with Crippen LogP contribution in [0, 0.1) is 0 Å². The highest BCUT2D eigenvalue weighted by molar-refractivity contribution is 5.95. The van der Waals surface area contributed by atoms with Crippen molar-refractivity contribution in [1.82, 2.24) is 20.9 Å². The predicted octanol–water partition coefficient (Wildman–Crippen LogP) is 2.57. The first-order valence-electron chi connectivity index (χ1n) is 9.66. The van der Waals surface area contributed by atoms with E-state index in [1.807, 2.05) is 55.5 Å². The van der Waals surface area contributed by atoms with Gasteiger partial charge in [-0.05, 0) is 40.5 Å². The number of nitrogens with two attached hydrogens (primary N) is 1. The van der Waals surface area contributed by atoms with Crippen molar-refractivity contribution >= 4 is 24.1 Å². The molecule has 2 aromatic carbocycles. The van der Waals surface area contributed by atoms with Crippen molar-refractivity contribution in [1.29, 1.82) is 0 Å². The van der Waals surface area contributed by atoms with Crippen molar-refractivity contribution < 1.29 is 18.9 Å². The lowest BCUT2D eigenvalue weighted by atomic mass is 10.2. The van der Waals surface area contributed by atoms with Gasteiger partial charge in [0.05, 0.1) is 6.61 Å². The van der Waals surface area contributed by atoms with E-state index in [9.17, 15) is 4.79 Å². The van der Waals surface area contributed by atoms with Crippen LogP contribution in [0.1, 0.15) is 28.5 Å². The second kappa shape index (κ2) is 12.4. The molecule has 0 aliphatic rings. The Labute approximate surface area is 186 Å². The fourth-order valence-electron chi connectivity index (χ4n) is 2.72. The maximum Gasteiger partial charge on any atom is 0.277 e. The molecule has 0 spiro atoms. The number of carbonyl (C=O) groups is 1. The van der Waals surface area contributed by atoms with Crippen LogP contribution in [0.3, 0.4) is 0 Å². The van der Waals surface area contributed by atoms with E-state index in [1.54, 1.807) is 0 Å². The maximum atomic E-state index is 11.9. The van der Waals surface area contributed by atoms with Crippen LogP contribution in [-0.2, 0) is 13.2 Å². The summed E-state index contributed by atoms with van der Waals surface area (Å²) in [5.41, 5.74) is 7.61. The Balaban J connectivity index is 0.00000341. The van der Waals surface area contributed by atoms with Gasteiger partial charge in [0, 0.05) is 19.6 Å². The summed E-state index contributed by atoms with van der Waals surface area (Å²) in [6.07, 6.45) is 0. The zero-order valence-electron chi connectivity index (χ0n) is 17.2. The Bertz CT molecular complexity index is 952. The molecule has 3 aromatic rings. The van der Waals surface area contributed by atoms with Crippen LogP contribution in [0.15, 0.2) is 53.2 Å². The minimum atomic E-state index is -0.422. The number of hydrogen-bond acceptors (Lipinski definition) is 8. The number of hydrogen-bond donors (Lipinski definition) is 3. The van der Waals surface area contributed by atoms with Crippen molar-refractivity contribution in [2.45, 2.75) is 20.1 Å². The first-order valence-corrected chi connectivity index (χ1v) is 9.66. The quantitative estimate of drug-likeness (QED) is 0.383. The fraction of sp³-hybridized carbons (Fsp3) is 0.286. The van der Waals surface area contributed by atoms with Crippen LogP contribution >= 0.6 is 12.4 Å². The van der Waals surface area contributed by atoms with Crippen molar-refractivity contribution in [2.24, 2.45) is 0 Å². The molecule has 3 rings (SSSR count). The number of anilines is 1. The normalized spacial score (nSPS) is 10.2. The van der Waals surface area contributed by atoms with E-state index in [0.717, 1.165) is 11.1 Å². The van der Waals surface area contributed by atoms with Gasteiger partial charge in [-0.25, -0.2) is 4.63 Å². The lowest BCUT2D eigenvalue weighted by Crippen LogP contribution is -2.32. The Hall–Kier alpha value is -3.30. The molecule has 0 saturated carbocycles. The van der Waals surface area contributed by atoms with Crippen molar-refractivity contribution in [3.63, 3.8) is 0 Å². The number of aromatic nitrogens is 2. The van der Waals surface area contributed by atoms with Crippen LogP contribution in [0.2, 0.25) is 0 Å². The van der Waals surface area contributed by atoms with Gasteiger partial charge in [0.25, 0.3) is 5.91 Å². The van der Waals surface area contributed by atoms with Crippen LogP contribution in [-0.4, -0.2) is 35.9 Å². The number of benzene rings is 2. The number of rotatable bonds is 11. The highest BCUT2D eigenvalue weighted by atomic mass is 35.5. The molecule has 0 aliphatic heterocycles. The third kappa shape index (κ3) is 7.16. The largest absolute Gasteiger partial charge is 0.490 e. The molecule has 0 bridgehead atoms. The zero-order chi connectivity index (χ0) is 21.2. The Morgan fingerprint density at radius 1 is 1.03 bits per heavy atom. The van der Waals surface area contributed by atoms with Gasteiger partial charge in [0.2, 0.25) is 11.5 Å². The van der Waals surface area contributed by atoms with E-state index in [0.29, 0.717) is 44.3 Å². The third-order valence-corrected chi connectivity index (χ3v) is 4.19. The van der Waals surface area contributed by atoms with Crippen LogP contribution in [0.5, 0.6) is 11.5 Å². The standard InChI is InChI=1S/C21H25N5O4.ClH/c1-2-28-18-12-16(8-9-17(18)29-14-15-6-4-3-5-7-15)13-23-10-11-24-21(27)19-20(22)26-30-25-19;/h3-9,12,23H,2,10-11,13-14H2,1H3,(H2,22,26)(H,24,27);1H. The summed E-state index contributed by atoms with van der Waals surface area (Å²) in [7, 11) is 0. The molecule has 166 valence electrons. The van der Waals surface area contributed by atoms with E-state index in [4.69, 9.17) is 15.2 Å². The average Bonchev–Trinajstić information content (AvgIpc) is 3.20. The molecule has 31 heavy (non-hydrogen) atoms. The average molecular weight is 448 g/mol. The molecule has 0 unspecified atom stereocenters. The first-order chi connectivity index (χ1) is 14.7. The minimum Gasteiger partial charge on any atom is -0.490 e. The Morgan fingerprint density at radius 3 is 2.55 bits per heavy atom. The second-order valence-electron chi connectivity index (χ2n) is 6.42. The Kier molecular flexibility index (Phi) is 9.60. The topological polar surface area (TPSA) is 125 Å². The molecule has 0 radical (unpaired) electrons. The summed E-state index contributed by atoms with van der Waals surface area (Å²) >= 11 is 0. The van der Waals surface area contributed by atoms with Crippen LogP contribution in [0.25, 0.3) is 0 Å². The van der Waals surface area contributed by atoms with Gasteiger partial charge in [0.15, 0.2) is 11.5 Å². The summed E-state index contributed by atoms with van der Waals surface area (Å²) in [5.74, 6) is 0.957. The predicted molar refractivity (Wildman–Crippen MR) is 118 cm³/mol. The molecule has 0 atom stereocenters. The smallest absolute Gasteiger partial charge is 0.277 e. The minimum absolute atomic E-state index is 0. The number of halogens is 1. The van der Waals surface area contributed by atoms with E-state index >= 15 is 0 Å². The van der Waals surface area contributed by atoms with E-state index < -0.39 is 5.91 Å². The lowest BCUT2D eigenvalue weighted by molar-refractivity contribution is 0.0944. The summed E-state index contributed by atoms with van der Waals surface area (Å²) in [6, 6.07) is 15.8. The Morgan fingerprint density at radius 2 is 1.84 bits per heavy atom. The van der Waals surface area contributed by atoms with Gasteiger partial charge >= 0.3 is 0 Å². The molecule has 0 aliphatic carbocycles. The number of carbonyl (C=O) groups excluding carboxylic acids is 1. The SMILES string of the molecule is CCOc1cc(CNCCNC(=O)c2nonc2N)ccc1OCc1ccccc1.Cl. The molecule has 9 nitrogen and oxygen atoms in total. The van der Waals surface area contributed by atoms with Gasteiger partial charge < -0.3 is 25.8 Å². The molecule has 1 aromatic heterocycles. The molecule has 1 amide bonds. The maximum absolute atomic E-state index is 11.9. The van der Waals surface area contributed by atoms with Crippen molar-refractivity contribution in [3.8, 4) is 11.5 Å². The lowest BCUT2D eigenvalue weighted by Gasteiger charge is -2.14. The van der Waals surface area contributed by atoms with Gasteiger partial charge in [0.1, 0.15) is 6.61 Å². The zero-order valence-corrected chi connectivity index (χ0v) is 18.0. The van der Waals surface area contributed by atoms with E-state index in [1.165, 1.54) is 0 Å². The second-order valence-corrected chi connectivity index (χ2v) is 6.42. The van der Waals surface area contributed by atoms with Gasteiger partial charge in [-0.1, -0.05) is 36.4 Å². The fourth-order valence-corrected chi connectivity index (χ4v) is 2.72. The molecular formula is C21H26ClN5O4. The molecule has 4 N–H and O–H groups in total. The van der Waals surface area contributed by atoms with Crippen molar-refractivity contribution in [3.05, 3.63) is 65.4 Å². The molecule has 0 fully saturated rings. The summed E-state index contributed by atoms with van der Waals surface area (Å²) in [4.78, 5) is 11.9. The van der Waals surface area contributed by atoms with Gasteiger partial charge in [-0.3, -0.25) is 4.79 Å². The molecule has 1 heterocycles. The highest BCUT2D eigenvalue weighted by Crippen LogP contribution is 2.29. The number of ether oxygens (including phenoxy) is 2. The molecule has 10 heteroatoms. The van der Waals surface area contributed by atoms with Crippen LogP contribution in [0.4, 0.5) is 5.82 Å². The van der Waals surface area contributed by atoms with E-state index in [2.05, 4.69) is 25.6 Å². The van der Waals surface area contributed by atoms with Crippen LogP contribution < -0.4 is 25.8 Å². The molecule has 0 saturated heterocycles. The summed E-state index contributed by atoms with van der Waals surface area (Å²) in [5, 5.41) is 12.8. The summed E-state index contributed by atoms with van der Waals surface area (Å²) < 4.78 is 16.1. The van der Waals surface area contributed by atoms with Crippen molar-refractivity contribution in [2.75, 3.05) is 25.4 Å². The number of nitrogens with zero attached hydrogens (tertiary/aromatic N) is 2. The summed E-state index contributed by atoms with van der Waals surface area (Å²) in [6.45, 7) is 4.54. The highest BCUT2D eigenvalue weighted by Gasteiger charge is 2.14. The van der Waals surface area contributed by atoms with Gasteiger partial charge in [-0.15, -0.1) is 12.4 Å². The van der Waals surface area contributed by atoms with Gasteiger partial charge in [-0.2, -0.15) is 0 Å². The first kappa shape index (κ1) is 24.0. The van der Waals surface area contributed by atoms with E-state index in [-0.39, 0.29) is 23.9 Å². The molecular weight excluding hydrogens is 422 g/mol. The third-order valence-electron chi connectivity index (χ3n) is 4.19. The number of nitrogens with one attached hydrogen (secondary N) is 2. The number of amides is 1.